The normalized spacial score (nSPS) is 12.2. The lowest BCUT2D eigenvalue weighted by Crippen LogP contribution is -2.34. The van der Waals surface area contributed by atoms with Gasteiger partial charge in [0.1, 0.15) is 6.61 Å². The number of hydrogen-bond acceptors (Lipinski definition) is 3. The summed E-state index contributed by atoms with van der Waals surface area (Å²) in [5.41, 5.74) is 4.72. The molecule has 1 aliphatic rings. The van der Waals surface area contributed by atoms with E-state index in [1.165, 1.54) is 22.3 Å². The van der Waals surface area contributed by atoms with Gasteiger partial charge in [-0.2, -0.15) is 0 Å². The van der Waals surface area contributed by atoms with Crippen molar-refractivity contribution in [2.24, 2.45) is 0 Å². The molecule has 0 heterocycles. The van der Waals surface area contributed by atoms with Crippen LogP contribution in [0.5, 0.6) is 0 Å². The lowest BCUT2D eigenvalue weighted by atomic mass is 9.98. The minimum Gasteiger partial charge on any atom is -0.449 e. The topological polar surface area (TPSA) is 67.4 Å². The van der Waals surface area contributed by atoms with Crippen LogP contribution in [-0.2, 0) is 9.53 Å². The molecule has 2 aromatic carbocycles. The summed E-state index contributed by atoms with van der Waals surface area (Å²) < 4.78 is 5.28. The molecule has 5 nitrogen and oxygen atoms in total. The Hall–Kier alpha value is -2.82. The molecule has 2 aromatic rings. The molecule has 0 spiro atoms. The van der Waals surface area contributed by atoms with Gasteiger partial charge in [0.15, 0.2) is 0 Å². The van der Waals surface area contributed by atoms with Crippen LogP contribution in [0, 0.1) is 0 Å². The number of nitrogens with one attached hydrogen (secondary N) is 2. The standard InChI is InChI=1S/C17H16N2O3/c20-11-18-10-19-17(21)22-9-16-14-7-3-1-5-12(14)13-6-2-4-8-15(13)16/h1-8,11,16H,9-10H2,(H,18,20)(H,19,21). The number of amides is 2. The van der Waals surface area contributed by atoms with Gasteiger partial charge >= 0.3 is 6.09 Å². The molecule has 3 rings (SSSR count). The van der Waals surface area contributed by atoms with Crippen LogP contribution in [0.1, 0.15) is 17.0 Å². The van der Waals surface area contributed by atoms with Crippen molar-refractivity contribution in [3.05, 3.63) is 59.7 Å². The highest BCUT2D eigenvalue weighted by atomic mass is 16.5. The van der Waals surface area contributed by atoms with Crippen molar-refractivity contribution in [3.63, 3.8) is 0 Å². The molecule has 1 aliphatic carbocycles. The number of benzene rings is 2. The van der Waals surface area contributed by atoms with Gasteiger partial charge in [-0.1, -0.05) is 48.5 Å². The second kappa shape index (κ2) is 6.30. The second-order valence-electron chi connectivity index (χ2n) is 5.00. The van der Waals surface area contributed by atoms with Gasteiger partial charge in [-0.05, 0) is 22.3 Å². The highest BCUT2D eigenvalue weighted by Gasteiger charge is 2.28. The van der Waals surface area contributed by atoms with Crippen molar-refractivity contribution in [1.29, 1.82) is 0 Å². The molecule has 0 fully saturated rings. The number of carbonyl (C=O) groups excluding carboxylic acids is 2. The highest BCUT2D eigenvalue weighted by Crippen LogP contribution is 2.44. The Kier molecular flexibility index (Phi) is 4.05. The van der Waals surface area contributed by atoms with Crippen LogP contribution in [-0.4, -0.2) is 25.8 Å². The monoisotopic (exact) mass is 296 g/mol. The highest BCUT2D eigenvalue weighted by molar-refractivity contribution is 5.79. The average molecular weight is 296 g/mol. The summed E-state index contributed by atoms with van der Waals surface area (Å²) in [6, 6.07) is 16.3. The molecule has 0 atom stereocenters. The van der Waals surface area contributed by atoms with E-state index in [-0.39, 0.29) is 19.2 Å². The number of carbonyl (C=O) groups is 2. The van der Waals surface area contributed by atoms with Crippen LogP contribution in [0.2, 0.25) is 0 Å². The van der Waals surface area contributed by atoms with E-state index in [9.17, 15) is 9.59 Å². The molecule has 2 N–H and O–H groups in total. The Morgan fingerprint density at radius 2 is 1.64 bits per heavy atom. The number of rotatable bonds is 5. The molecule has 0 saturated carbocycles. The molecule has 0 saturated heterocycles. The Labute approximate surface area is 128 Å². The molecule has 0 radical (unpaired) electrons. The third-order valence-electron chi connectivity index (χ3n) is 3.76. The molecule has 0 unspecified atom stereocenters. The summed E-state index contributed by atoms with van der Waals surface area (Å²) in [5, 5.41) is 4.80. The van der Waals surface area contributed by atoms with Crippen molar-refractivity contribution in [3.8, 4) is 11.1 Å². The third kappa shape index (κ3) is 2.65. The Balaban J connectivity index is 1.74. The maximum Gasteiger partial charge on any atom is 0.408 e. The fourth-order valence-electron chi connectivity index (χ4n) is 2.81. The molecule has 0 aromatic heterocycles. The first-order chi connectivity index (χ1) is 10.8. The van der Waals surface area contributed by atoms with Crippen LogP contribution < -0.4 is 10.6 Å². The maximum atomic E-state index is 11.6. The van der Waals surface area contributed by atoms with E-state index in [2.05, 4.69) is 34.9 Å². The van der Waals surface area contributed by atoms with E-state index in [0.29, 0.717) is 6.41 Å². The Morgan fingerprint density at radius 1 is 1.05 bits per heavy atom. The van der Waals surface area contributed by atoms with Gasteiger partial charge in [-0.25, -0.2) is 4.79 Å². The first kappa shape index (κ1) is 14.1. The van der Waals surface area contributed by atoms with Gasteiger partial charge in [0, 0.05) is 5.92 Å². The van der Waals surface area contributed by atoms with Crippen LogP contribution in [0.3, 0.4) is 0 Å². The van der Waals surface area contributed by atoms with Gasteiger partial charge in [0.2, 0.25) is 6.41 Å². The molecular formula is C17H16N2O3. The van der Waals surface area contributed by atoms with Crippen LogP contribution in [0.25, 0.3) is 11.1 Å². The summed E-state index contributed by atoms with van der Waals surface area (Å²) >= 11 is 0. The summed E-state index contributed by atoms with van der Waals surface area (Å²) in [5.74, 6) is 0.0391. The lowest BCUT2D eigenvalue weighted by molar-refractivity contribution is -0.109. The summed E-state index contributed by atoms with van der Waals surface area (Å²) in [4.78, 5) is 21.7. The molecule has 0 bridgehead atoms. The van der Waals surface area contributed by atoms with Crippen molar-refractivity contribution in [2.75, 3.05) is 13.3 Å². The number of fused-ring (bicyclic) bond motifs is 3. The molecule has 2 amide bonds. The zero-order valence-corrected chi connectivity index (χ0v) is 11.9. The maximum absolute atomic E-state index is 11.6. The quantitative estimate of drug-likeness (QED) is 0.505. The van der Waals surface area contributed by atoms with E-state index < -0.39 is 6.09 Å². The zero-order chi connectivity index (χ0) is 15.4. The van der Waals surface area contributed by atoms with Gasteiger partial charge in [0.05, 0.1) is 6.67 Å². The lowest BCUT2D eigenvalue weighted by Gasteiger charge is -2.14. The fraction of sp³-hybridized carbons (Fsp3) is 0.176. The van der Waals surface area contributed by atoms with Crippen LogP contribution >= 0.6 is 0 Å². The van der Waals surface area contributed by atoms with E-state index in [1.54, 1.807) is 0 Å². The first-order valence-electron chi connectivity index (χ1n) is 7.07. The van der Waals surface area contributed by atoms with Crippen molar-refractivity contribution in [1.82, 2.24) is 10.6 Å². The predicted octanol–water partition coefficient (Wildman–Crippen LogP) is 2.23. The molecule has 112 valence electrons. The van der Waals surface area contributed by atoms with E-state index in [0.717, 1.165) is 0 Å². The first-order valence-corrected chi connectivity index (χ1v) is 7.07. The smallest absolute Gasteiger partial charge is 0.408 e. The Bertz CT molecular complexity index is 654. The minimum absolute atomic E-state index is 0.0391. The fourth-order valence-corrected chi connectivity index (χ4v) is 2.81. The number of ether oxygens (including phenoxy) is 1. The summed E-state index contributed by atoms with van der Waals surface area (Å²) in [6.07, 6.45) is -0.0276. The SMILES string of the molecule is O=CNCNC(=O)OCC1c2ccccc2-c2ccccc21. The minimum atomic E-state index is -0.545. The van der Waals surface area contributed by atoms with Crippen molar-refractivity contribution in [2.45, 2.75) is 5.92 Å². The van der Waals surface area contributed by atoms with E-state index >= 15 is 0 Å². The van der Waals surface area contributed by atoms with Crippen LogP contribution in [0.4, 0.5) is 4.79 Å². The molecule has 0 aliphatic heterocycles. The Morgan fingerprint density at radius 3 is 2.23 bits per heavy atom. The van der Waals surface area contributed by atoms with E-state index in [4.69, 9.17) is 4.74 Å². The van der Waals surface area contributed by atoms with Gasteiger partial charge in [0.25, 0.3) is 0 Å². The number of alkyl carbamates (subject to hydrolysis) is 1. The largest absolute Gasteiger partial charge is 0.449 e. The van der Waals surface area contributed by atoms with Crippen molar-refractivity contribution >= 4 is 12.5 Å². The zero-order valence-electron chi connectivity index (χ0n) is 11.9. The van der Waals surface area contributed by atoms with Crippen molar-refractivity contribution < 1.29 is 14.3 Å². The van der Waals surface area contributed by atoms with Gasteiger partial charge in [-0.3, -0.25) is 4.79 Å². The second-order valence-corrected chi connectivity index (χ2v) is 5.00. The number of hydrogen-bond donors (Lipinski definition) is 2. The third-order valence-corrected chi connectivity index (χ3v) is 3.76. The summed E-state index contributed by atoms with van der Waals surface area (Å²) in [7, 11) is 0. The average Bonchev–Trinajstić information content (AvgIpc) is 2.87. The molecule has 5 heteroatoms. The van der Waals surface area contributed by atoms with E-state index in [1.807, 2.05) is 24.3 Å². The molecular weight excluding hydrogens is 280 g/mol. The van der Waals surface area contributed by atoms with Gasteiger partial charge in [-0.15, -0.1) is 0 Å². The van der Waals surface area contributed by atoms with Gasteiger partial charge < -0.3 is 15.4 Å². The molecule has 22 heavy (non-hydrogen) atoms. The van der Waals surface area contributed by atoms with Crippen LogP contribution in [0.15, 0.2) is 48.5 Å². The summed E-state index contributed by atoms with van der Waals surface area (Å²) in [6.45, 7) is 0.321. The predicted molar refractivity (Wildman–Crippen MR) is 82.3 cm³/mol.